The molecule has 0 atom stereocenters. The standard InChI is InChI=1S/C12H11BrFN3/c1-7(15)8(2)17-12(16-3)9-5-4-6-10(13)11(9)14/h4-6,15H,2-3H2,1H3. The van der Waals surface area contributed by atoms with E-state index in [0.717, 1.165) is 0 Å². The van der Waals surface area contributed by atoms with Crippen LogP contribution in [0.3, 0.4) is 0 Å². The minimum absolute atomic E-state index is 0.111. The normalized spacial score (nSPS) is 11.1. The van der Waals surface area contributed by atoms with Crippen molar-refractivity contribution < 1.29 is 4.39 Å². The van der Waals surface area contributed by atoms with Crippen LogP contribution in [0.2, 0.25) is 0 Å². The largest absolute Gasteiger partial charge is 0.303 e. The molecule has 0 bridgehead atoms. The zero-order valence-corrected chi connectivity index (χ0v) is 10.9. The van der Waals surface area contributed by atoms with E-state index < -0.39 is 5.82 Å². The number of hydrogen-bond acceptors (Lipinski definition) is 2. The van der Waals surface area contributed by atoms with Crippen molar-refractivity contribution in [1.82, 2.24) is 0 Å². The summed E-state index contributed by atoms with van der Waals surface area (Å²) in [6.07, 6.45) is 0. The van der Waals surface area contributed by atoms with Gasteiger partial charge in [-0.25, -0.2) is 14.4 Å². The third kappa shape index (κ3) is 3.17. The van der Waals surface area contributed by atoms with E-state index in [1.807, 2.05) is 0 Å². The Morgan fingerprint density at radius 3 is 2.65 bits per heavy atom. The molecule has 0 spiro atoms. The lowest BCUT2D eigenvalue weighted by molar-refractivity contribution is 0.618. The SMILES string of the molecule is C=NC(=NC(=C)C(C)=N)c1cccc(Br)c1F. The summed E-state index contributed by atoms with van der Waals surface area (Å²) in [5.74, 6) is -0.352. The first-order valence-electron chi connectivity index (χ1n) is 4.71. The Balaban J connectivity index is 3.28. The van der Waals surface area contributed by atoms with Crippen LogP contribution in [0.15, 0.2) is 44.9 Å². The maximum atomic E-state index is 13.8. The Hall–Kier alpha value is -1.62. The van der Waals surface area contributed by atoms with Gasteiger partial charge >= 0.3 is 0 Å². The first kappa shape index (κ1) is 13.4. The van der Waals surface area contributed by atoms with Crippen LogP contribution in [-0.2, 0) is 0 Å². The molecule has 1 aromatic carbocycles. The Labute approximate surface area is 107 Å². The molecule has 0 amide bonds. The van der Waals surface area contributed by atoms with Gasteiger partial charge in [-0.1, -0.05) is 12.6 Å². The number of nitrogens with one attached hydrogen (secondary N) is 1. The third-order valence-electron chi connectivity index (χ3n) is 2.02. The quantitative estimate of drug-likeness (QED) is 0.654. The molecule has 0 heterocycles. The van der Waals surface area contributed by atoms with Crippen molar-refractivity contribution in [2.45, 2.75) is 6.92 Å². The average molecular weight is 296 g/mol. The molecule has 0 radical (unpaired) electrons. The molecular formula is C12H11BrFN3. The minimum atomic E-state index is -0.464. The maximum Gasteiger partial charge on any atom is 0.162 e. The highest BCUT2D eigenvalue weighted by Crippen LogP contribution is 2.20. The first-order valence-corrected chi connectivity index (χ1v) is 5.51. The van der Waals surface area contributed by atoms with Gasteiger partial charge in [-0.15, -0.1) is 0 Å². The second kappa shape index (κ2) is 5.63. The Bertz CT molecular complexity index is 520. The Kier molecular flexibility index (Phi) is 4.45. The van der Waals surface area contributed by atoms with Crippen LogP contribution in [0.1, 0.15) is 12.5 Å². The first-order chi connectivity index (χ1) is 7.97. The number of nitrogens with zero attached hydrogens (tertiary/aromatic N) is 2. The molecule has 0 aromatic heterocycles. The molecule has 0 unspecified atom stereocenters. The van der Waals surface area contributed by atoms with Crippen LogP contribution in [0.25, 0.3) is 0 Å². The van der Waals surface area contributed by atoms with Gasteiger partial charge in [0.25, 0.3) is 0 Å². The molecule has 0 saturated carbocycles. The van der Waals surface area contributed by atoms with Gasteiger partial charge in [-0.05, 0) is 41.7 Å². The predicted molar refractivity (Wildman–Crippen MR) is 72.7 cm³/mol. The number of rotatable bonds is 3. The van der Waals surface area contributed by atoms with Crippen LogP contribution >= 0.6 is 15.9 Å². The van der Waals surface area contributed by atoms with E-state index in [-0.39, 0.29) is 22.8 Å². The van der Waals surface area contributed by atoms with Crippen LogP contribution in [0.4, 0.5) is 4.39 Å². The molecule has 88 valence electrons. The van der Waals surface area contributed by atoms with E-state index in [2.05, 4.69) is 39.2 Å². The lowest BCUT2D eigenvalue weighted by Crippen LogP contribution is -2.03. The number of amidine groups is 1. The monoisotopic (exact) mass is 295 g/mol. The van der Waals surface area contributed by atoms with Gasteiger partial charge in [0, 0.05) is 0 Å². The van der Waals surface area contributed by atoms with E-state index >= 15 is 0 Å². The van der Waals surface area contributed by atoms with E-state index in [4.69, 9.17) is 5.41 Å². The zero-order chi connectivity index (χ0) is 13.0. The molecule has 1 N–H and O–H groups in total. The molecular weight excluding hydrogens is 285 g/mol. The highest BCUT2D eigenvalue weighted by Gasteiger charge is 2.11. The van der Waals surface area contributed by atoms with E-state index in [1.165, 1.54) is 0 Å². The van der Waals surface area contributed by atoms with Crippen LogP contribution in [-0.4, -0.2) is 18.3 Å². The summed E-state index contributed by atoms with van der Waals surface area (Å²) in [4.78, 5) is 7.64. The Morgan fingerprint density at radius 2 is 2.12 bits per heavy atom. The fourth-order valence-electron chi connectivity index (χ4n) is 1.07. The van der Waals surface area contributed by atoms with Crippen LogP contribution in [0, 0.1) is 11.2 Å². The molecule has 5 heteroatoms. The molecule has 17 heavy (non-hydrogen) atoms. The lowest BCUT2D eigenvalue weighted by Gasteiger charge is -2.05. The zero-order valence-electron chi connectivity index (χ0n) is 9.30. The van der Waals surface area contributed by atoms with Crippen LogP contribution < -0.4 is 0 Å². The summed E-state index contributed by atoms with van der Waals surface area (Å²) >= 11 is 3.08. The van der Waals surface area contributed by atoms with E-state index in [1.54, 1.807) is 25.1 Å². The van der Waals surface area contributed by atoms with Gasteiger partial charge in [0.15, 0.2) is 5.84 Å². The number of hydrogen-bond donors (Lipinski definition) is 1. The number of benzene rings is 1. The minimum Gasteiger partial charge on any atom is -0.303 e. The van der Waals surface area contributed by atoms with E-state index in [0.29, 0.717) is 4.47 Å². The van der Waals surface area contributed by atoms with Gasteiger partial charge in [0.1, 0.15) is 5.82 Å². The van der Waals surface area contributed by atoms with Gasteiger partial charge in [-0.2, -0.15) is 0 Å². The Morgan fingerprint density at radius 1 is 1.47 bits per heavy atom. The number of aliphatic imine (C=N–C) groups is 2. The summed E-state index contributed by atoms with van der Waals surface area (Å²) in [5.41, 5.74) is 0.644. The van der Waals surface area contributed by atoms with Gasteiger partial charge in [0.2, 0.25) is 0 Å². The van der Waals surface area contributed by atoms with Gasteiger partial charge < -0.3 is 5.41 Å². The smallest absolute Gasteiger partial charge is 0.162 e. The van der Waals surface area contributed by atoms with Crippen molar-refractivity contribution in [2.75, 3.05) is 0 Å². The van der Waals surface area contributed by atoms with Crippen molar-refractivity contribution >= 4 is 34.2 Å². The summed E-state index contributed by atoms with van der Waals surface area (Å²) in [5, 5.41) is 7.36. The molecule has 0 aliphatic carbocycles. The summed E-state index contributed by atoms with van der Waals surface area (Å²) in [7, 11) is 0. The second-order valence-electron chi connectivity index (χ2n) is 3.27. The molecule has 1 aromatic rings. The van der Waals surface area contributed by atoms with Crippen molar-refractivity contribution in [3.05, 3.63) is 46.3 Å². The molecule has 0 aliphatic heterocycles. The van der Waals surface area contributed by atoms with Gasteiger partial charge in [0.05, 0.1) is 21.4 Å². The van der Waals surface area contributed by atoms with Crippen molar-refractivity contribution in [3.63, 3.8) is 0 Å². The summed E-state index contributed by atoms with van der Waals surface area (Å²) < 4.78 is 14.1. The lowest BCUT2D eigenvalue weighted by atomic mass is 10.2. The van der Waals surface area contributed by atoms with Crippen molar-refractivity contribution in [2.24, 2.45) is 9.98 Å². The molecule has 3 nitrogen and oxygen atoms in total. The van der Waals surface area contributed by atoms with Gasteiger partial charge in [-0.3, -0.25) is 0 Å². The highest BCUT2D eigenvalue weighted by atomic mass is 79.9. The molecule has 0 fully saturated rings. The second-order valence-corrected chi connectivity index (χ2v) is 4.12. The summed E-state index contributed by atoms with van der Waals surface area (Å²) in [6, 6.07) is 4.79. The van der Waals surface area contributed by atoms with E-state index in [9.17, 15) is 4.39 Å². The average Bonchev–Trinajstić information content (AvgIpc) is 2.29. The number of allylic oxidation sites excluding steroid dienone is 1. The topological polar surface area (TPSA) is 48.6 Å². The third-order valence-corrected chi connectivity index (χ3v) is 2.63. The van der Waals surface area contributed by atoms with Crippen LogP contribution in [0.5, 0.6) is 0 Å². The van der Waals surface area contributed by atoms with Crippen molar-refractivity contribution in [1.29, 1.82) is 5.41 Å². The fraction of sp³-hybridized carbons (Fsp3) is 0.0833. The molecule has 0 saturated heterocycles. The predicted octanol–water partition coefficient (Wildman–Crippen LogP) is 3.59. The maximum absolute atomic E-state index is 13.8. The van der Waals surface area contributed by atoms with Crippen molar-refractivity contribution in [3.8, 4) is 0 Å². The molecule has 0 aliphatic rings. The molecule has 1 rings (SSSR count). The highest BCUT2D eigenvalue weighted by molar-refractivity contribution is 9.10. The summed E-state index contributed by atoms with van der Waals surface area (Å²) in [6.45, 7) is 8.48. The number of halogens is 2. The fourth-order valence-corrected chi connectivity index (χ4v) is 1.44.